The van der Waals surface area contributed by atoms with E-state index < -0.39 is 11.8 Å². The van der Waals surface area contributed by atoms with Crippen LogP contribution in [0.4, 0.5) is 0 Å². The third-order valence-electron chi connectivity index (χ3n) is 3.36. The van der Waals surface area contributed by atoms with E-state index in [-0.39, 0.29) is 13.3 Å². The topological polar surface area (TPSA) is 89.0 Å². The van der Waals surface area contributed by atoms with E-state index in [1.165, 1.54) is 6.21 Å². The first-order valence-corrected chi connectivity index (χ1v) is 8.17. The molecule has 2 aromatic rings. The molecule has 0 aromatic heterocycles. The summed E-state index contributed by atoms with van der Waals surface area (Å²) in [7, 11) is 0. The summed E-state index contributed by atoms with van der Waals surface area (Å²) in [4.78, 5) is 23.5. The number of fused-ring (bicyclic) bond motifs is 1. The highest BCUT2D eigenvalue weighted by atomic mass is 79.9. The molecule has 0 unspecified atom stereocenters. The third-order valence-corrected chi connectivity index (χ3v) is 4.05. The lowest BCUT2D eigenvalue weighted by Crippen LogP contribution is -2.37. The Bertz CT molecular complexity index is 824. The lowest BCUT2D eigenvalue weighted by Gasteiger charge is -2.04. The molecule has 0 saturated carbocycles. The summed E-state index contributed by atoms with van der Waals surface area (Å²) in [6, 6.07) is 12.8. The first-order chi connectivity index (χ1) is 12.1. The number of rotatable bonds is 4. The molecule has 1 heterocycles. The van der Waals surface area contributed by atoms with Crippen molar-refractivity contribution in [3.05, 3.63) is 58.1 Å². The number of halogens is 1. The number of nitrogens with zero attached hydrogens (tertiary/aromatic N) is 1. The second-order valence-electron chi connectivity index (χ2n) is 5.09. The minimum atomic E-state index is -0.843. The largest absolute Gasteiger partial charge is 0.454 e. The van der Waals surface area contributed by atoms with E-state index in [1.807, 2.05) is 30.3 Å². The fraction of sp³-hybridized carbons (Fsp3) is 0.118. The van der Waals surface area contributed by atoms with E-state index in [2.05, 4.69) is 31.8 Å². The molecule has 0 fully saturated rings. The van der Waals surface area contributed by atoms with Crippen LogP contribution in [0.25, 0.3) is 0 Å². The Labute approximate surface area is 152 Å². The van der Waals surface area contributed by atoms with Gasteiger partial charge in [0.15, 0.2) is 11.5 Å². The molecule has 2 N–H and O–H groups in total. The number of carbonyl (C=O) groups is 2. The summed E-state index contributed by atoms with van der Waals surface area (Å²) in [6.45, 7) is 0.436. The number of hydrazone groups is 1. The summed E-state index contributed by atoms with van der Waals surface area (Å²) < 4.78 is 11.3. The molecule has 8 heteroatoms. The van der Waals surface area contributed by atoms with Crippen LogP contribution >= 0.6 is 15.9 Å². The van der Waals surface area contributed by atoms with Crippen LogP contribution < -0.4 is 20.2 Å². The molecule has 1 aliphatic heterocycles. The second-order valence-corrected chi connectivity index (χ2v) is 5.95. The Kier molecular flexibility index (Phi) is 5.30. The molecular weight excluding hydrogens is 390 g/mol. The van der Waals surface area contributed by atoms with Gasteiger partial charge in [0.25, 0.3) is 0 Å². The summed E-state index contributed by atoms with van der Waals surface area (Å²) in [5.74, 6) is -0.375. The molecule has 0 saturated heterocycles. The summed E-state index contributed by atoms with van der Waals surface area (Å²) >= 11 is 3.38. The molecule has 0 spiro atoms. The zero-order chi connectivity index (χ0) is 17.6. The maximum atomic E-state index is 11.7. The molecule has 2 aromatic carbocycles. The minimum Gasteiger partial charge on any atom is -0.454 e. The van der Waals surface area contributed by atoms with Crippen LogP contribution in [0, 0.1) is 0 Å². The number of hydrogen-bond acceptors (Lipinski definition) is 5. The SMILES string of the molecule is O=C(NCc1ccccc1)C(=O)N/N=C/c1cc2c(cc1Br)OCO2. The summed E-state index contributed by atoms with van der Waals surface area (Å²) in [5.41, 5.74) is 3.76. The van der Waals surface area contributed by atoms with Crippen molar-refractivity contribution in [1.82, 2.24) is 10.7 Å². The van der Waals surface area contributed by atoms with Crippen molar-refractivity contribution in [2.45, 2.75) is 6.54 Å². The van der Waals surface area contributed by atoms with Crippen molar-refractivity contribution in [3.63, 3.8) is 0 Å². The van der Waals surface area contributed by atoms with Crippen molar-refractivity contribution in [2.75, 3.05) is 6.79 Å². The van der Waals surface area contributed by atoms with E-state index in [9.17, 15) is 9.59 Å². The van der Waals surface area contributed by atoms with Crippen molar-refractivity contribution >= 4 is 34.0 Å². The van der Waals surface area contributed by atoms with Gasteiger partial charge in [0.2, 0.25) is 6.79 Å². The first-order valence-electron chi connectivity index (χ1n) is 7.38. The van der Waals surface area contributed by atoms with Crippen molar-refractivity contribution in [3.8, 4) is 11.5 Å². The van der Waals surface area contributed by atoms with E-state index in [0.717, 1.165) is 10.0 Å². The Morgan fingerprint density at radius 2 is 1.84 bits per heavy atom. The number of amides is 2. The fourth-order valence-electron chi connectivity index (χ4n) is 2.10. The number of nitrogens with one attached hydrogen (secondary N) is 2. The minimum absolute atomic E-state index is 0.167. The van der Waals surface area contributed by atoms with Crippen LogP contribution in [0.1, 0.15) is 11.1 Å². The van der Waals surface area contributed by atoms with Crippen LogP contribution in [-0.4, -0.2) is 24.8 Å². The molecule has 3 rings (SSSR count). The van der Waals surface area contributed by atoms with Crippen LogP contribution in [0.2, 0.25) is 0 Å². The zero-order valence-corrected chi connectivity index (χ0v) is 14.6. The monoisotopic (exact) mass is 403 g/mol. The third kappa shape index (κ3) is 4.36. The quantitative estimate of drug-likeness (QED) is 0.463. The smallest absolute Gasteiger partial charge is 0.329 e. The number of benzene rings is 2. The van der Waals surface area contributed by atoms with Gasteiger partial charge in [0.1, 0.15) is 0 Å². The van der Waals surface area contributed by atoms with Crippen LogP contribution in [-0.2, 0) is 16.1 Å². The molecule has 25 heavy (non-hydrogen) atoms. The fourth-order valence-corrected chi connectivity index (χ4v) is 2.53. The molecule has 0 radical (unpaired) electrons. The van der Waals surface area contributed by atoms with E-state index in [0.29, 0.717) is 17.1 Å². The molecule has 0 atom stereocenters. The summed E-state index contributed by atoms with van der Waals surface area (Å²) in [5, 5.41) is 6.31. The van der Waals surface area contributed by atoms with E-state index in [1.54, 1.807) is 12.1 Å². The molecule has 128 valence electrons. The summed E-state index contributed by atoms with van der Waals surface area (Å²) in [6.07, 6.45) is 1.41. The van der Waals surface area contributed by atoms with Crippen LogP contribution in [0.5, 0.6) is 11.5 Å². The van der Waals surface area contributed by atoms with E-state index >= 15 is 0 Å². The zero-order valence-electron chi connectivity index (χ0n) is 13.0. The van der Waals surface area contributed by atoms with Gasteiger partial charge in [0.05, 0.1) is 6.21 Å². The van der Waals surface area contributed by atoms with Gasteiger partial charge in [0, 0.05) is 16.6 Å². The van der Waals surface area contributed by atoms with Gasteiger partial charge in [-0.2, -0.15) is 5.10 Å². The lowest BCUT2D eigenvalue weighted by molar-refractivity contribution is -0.139. The second kappa shape index (κ2) is 7.80. The lowest BCUT2D eigenvalue weighted by atomic mass is 10.2. The highest BCUT2D eigenvalue weighted by Gasteiger charge is 2.16. The Morgan fingerprint density at radius 3 is 2.60 bits per heavy atom. The van der Waals surface area contributed by atoms with Gasteiger partial charge in [-0.05, 0) is 33.6 Å². The standard InChI is InChI=1S/C17H14BrN3O4/c18-13-7-15-14(24-10-25-15)6-12(13)9-20-21-17(23)16(22)19-8-11-4-2-1-3-5-11/h1-7,9H,8,10H2,(H,19,22)(H,21,23)/b20-9+. The van der Waals surface area contributed by atoms with Gasteiger partial charge in [-0.3, -0.25) is 9.59 Å². The van der Waals surface area contributed by atoms with Crippen molar-refractivity contribution in [1.29, 1.82) is 0 Å². The molecule has 1 aliphatic rings. The van der Waals surface area contributed by atoms with Gasteiger partial charge < -0.3 is 14.8 Å². The predicted octanol–water partition coefficient (Wildman–Crippen LogP) is 1.94. The van der Waals surface area contributed by atoms with Crippen molar-refractivity contribution in [2.24, 2.45) is 5.10 Å². The number of ether oxygens (including phenoxy) is 2. The highest BCUT2D eigenvalue weighted by Crippen LogP contribution is 2.36. The molecule has 2 amide bonds. The Hall–Kier alpha value is -2.87. The maximum absolute atomic E-state index is 11.7. The van der Waals surface area contributed by atoms with Crippen LogP contribution in [0.3, 0.4) is 0 Å². The van der Waals surface area contributed by atoms with Crippen molar-refractivity contribution < 1.29 is 19.1 Å². The van der Waals surface area contributed by atoms with Crippen LogP contribution in [0.15, 0.2) is 52.0 Å². The average Bonchev–Trinajstić information content (AvgIpc) is 3.07. The van der Waals surface area contributed by atoms with Gasteiger partial charge >= 0.3 is 11.8 Å². The molecule has 0 bridgehead atoms. The molecular formula is C17H14BrN3O4. The normalized spacial score (nSPS) is 12.2. The predicted molar refractivity (Wildman–Crippen MR) is 94.3 cm³/mol. The molecule has 0 aliphatic carbocycles. The maximum Gasteiger partial charge on any atom is 0.329 e. The average molecular weight is 404 g/mol. The highest BCUT2D eigenvalue weighted by molar-refractivity contribution is 9.10. The van der Waals surface area contributed by atoms with Gasteiger partial charge in [-0.15, -0.1) is 0 Å². The number of hydrogen-bond donors (Lipinski definition) is 2. The number of carbonyl (C=O) groups excluding carboxylic acids is 2. The Balaban J connectivity index is 1.53. The Morgan fingerprint density at radius 1 is 1.12 bits per heavy atom. The van der Waals surface area contributed by atoms with Gasteiger partial charge in [-0.1, -0.05) is 30.3 Å². The van der Waals surface area contributed by atoms with Gasteiger partial charge in [-0.25, -0.2) is 5.43 Å². The first kappa shape index (κ1) is 17.0. The molecule has 7 nitrogen and oxygen atoms in total. The van der Waals surface area contributed by atoms with E-state index in [4.69, 9.17) is 9.47 Å².